The van der Waals surface area contributed by atoms with Crippen LogP contribution in [0.4, 0.5) is 10.6 Å². The Labute approximate surface area is 195 Å². The first kappa shape index (κ1) is 21.4. The molecule has 34 heavy (non-hydrogen) atoms. The van der Waals surface area contributed by atoms with E-state index in [0.29, 0.717) is 5.82 Å². The van der Waals surface area contributed by atoms with Gasteiger partial charge in [0.2, 0.25) is 0 Å². The van der Waals surface area contributed by atoms with Crippen LogP contribution >= 0.6 is 0 Å². The highest BCUT2D eigenvalue weighted by Gasteiger charge is 2.18. The molecule has 0 bridgehead atoms. The first-order valence-electron chi connectivity index (χ1n) is 10.8. The molecule has 0 aliphatic carbocycles. The van der Waals surface area contributed by atoms with Crippen molar-refractivity contribution in [3.63, 3.8) is 0 Å². The molecule has 0 saturated carbocycles. The number of benzene rings is 2. The summed E-state index contributed by atoms with van der Waals surface area (Å²) < 4.78 is 8.01. The van der Waals surface area contributed by atoms with Gasteiger partial charge < -0.3 is 4.74 Å². The molecule has 0 radical (unpaired) electrons. The average Bonchev–Trinajstić information content (AvgIpc) is 3.11. The second kappa shape index (κ2) is 8.15. The lowest BCUT2D eigenvalue weighted by Gasteiger charge is -2.11. The van der Waals surface area contributed by atoms with E-state index in [0.717, 1.165) is 49.9 Å². The second-order valence-corrected chi connectivity index (χ2v) is 8.17. The fraction of sp³-hybridized carbons (Fsp3) is 0.154. The van der Waals surface area contributed by atoms with Crippen LogP contribution in [-0.4, -0.2) is 32.3 Å². The molecule has 0 fully saturated rings. The molecule has 0 unspecified atom stereocenters. The van der Waals surface area contributed by atoms with Gasteiger partial charge in [-0.15, -0.1) is 0 Å². The summed E-state index contributed by atoms with van der Waals surface area (Å²) in [6.07, 6.45) is 2.85. The molecule has 0 atom stereocenters. The minimum atomic E-state index is -0.576. The van der Waals surface area contributed by atoms with Crippen molar-refractivity contribution in [1.29, 1.82) is 0 Å². The highest BCUT2D eigenvalue weighted by molar-refractivity contribution is 6.04. The lowest BCUT2D eigenvalue weighted by atomic mass is 10.0. The quantitative estimate of drug-likeness (QED) is 0.426. The number of carbonyl (C=O) groups excluding carboxylic acids is 1. The Kier molecular flexibility index (Phi) is 5.13. The second-order valence-electron chi connectivity index (χ2n) is 8.17. The molecule has 5 rings (SSSR count). The molecule has 0 aliphatic rings. The van der Waals surface area contributed by atoms with E-state index >= 15 is 0 Å². The molecule has 2 aromatic carbocycles. The Balaban J connectivity index is 1.73. The van der Waals surface area contributed by atoms with Gasteiger partial charge in [-0.25, -0.2) is 14.6 Å². The lowest BCUT2D eigenvalue weighted by Crippen LogP contribution is -2.21. The molecule has 0 saturated heterocycles. The summed E-state index contributed by atoms with van der Waals surface area (Å²) >= 11 is 0. The molecule has 5 aromatic rings. The number of methoxy groups -OCH3 is 1. The Morgan fingerprint density at radius 2 is 1.79 bits per heavy atom. The normalized spacial score (nSPS) is 11.2. The summed E-state index contributed by atoms with van der Waals surface area (Å²) in [5.74, 6) is 0.396. The minimum absolute atomic E-state index is 0.122. The number of rotatable bonds is 3. The number of carbonyl (C=O) groups is 1. The van der Waals surface area contributed by atoms with Gasteiger partial charge in [0.25, 0.3) is 0 Å². The van der Waals surface area contributed by atoms with Crippen LogP contribution in [-0.2, 0) is 11.8 Å². The molecule has 0 spiro atoms. The van der Waals surface area contributed by atoms with Crippen LogP contribution in [0.2, 0.25) is 0 Å². The van der Waals surface area contributed by atoms with Crippen LogP contribution in [0, 0.1) is 13.8 Å². The van der Waals surface area contributed by atoms with E-state index in [-0.39, 0.29) is 5.69 Å². The number of nitrogens with one attached hydrogen (secondary N) is 1. The van der Waals surface area contributed by atoms with E-state index in [1.165, 1.54) is 7.11 Å². The molecule has 1 N–H and O–H groups in total. The summed E-state index contributed by atoms with van der Waals surface area (Å²) in [7, 11) is 3.07. The van der Waals surface area contributed by atoms with Gasteiger partial charge >= 0.3 is 11.8 Å². The topological polar surface area (TPSA) is 91.0 Å². The number of hydrogen-bond acceptors (Lipinski definition) is 5. The van der Waals surface area contributed by atoms with Crippen LogP contribution in [0.1, 0.15) is 11.1 Å². The number of amides is 1. The fourth-order valence-corrected chi connectivity index (χ4v) is 4.17. The van der Waals surface area contributed by atoms with E-state index in [1.54, 1.807) is 34.6 Å². The largest absolute Gasteiger partial charge is 0.453 e. The first-order valence-corrected chi connectivity index (χ1v) is 10.8. The number of anilines is 1. The van der Waals surface area contributed by atoms with Crippen LogP contribution in [0.15, 0.2) is 65.7 Å². The van der Waals surface area contributed by atoms with Gasteiger partial charge in [0.1, 0.15) is 5.82 Å². The van der Waals surface area contributed by atoms with Gasteiger partial charge in [-0.05, 0) is 60.9 Å². The molecule has 170 valence electrons. The van der Waals surface area contributed by atoms with Crippen molar-refractivity contribution in [3.8, 4) is 16.8 Å². The van der Waals surface area contributed by atoms with Gasteiger partial charge in [0.05, 0.1) is 35.5 Å². The van der Waals surface area contributed by atoms with Crippen molar-refractivity contribution in [2.75, 3.05) is 12.4 Å². The Morgan fingerprint density at radius 3 is 2.53 bits per heavy atom. The number of pyridine rings is 2. The summed E-state index contributed by atoms with van der Waals surface area (Å²) in [5.41, 5.74) is 7.04. The molecule has 3 heterocycles. The highest BCUT2D eigenvalue weighted by Crippen LogP contribution is 2.30. The Bertz CT molecular complexity index is 1630. The van der Waals surface area contributed by atoms with Gasteiger partial charge in [-0.1, -0.05) is 18.2 Å². The van der Waals surface area contributed by atoms with Crippen molar-refractivity contribution in [2.45, 2.75) is 13.8 Å². The van der Waals surface area contributed by atoms with E-state index in [9.17, 15) is 9.59 Å². The molecule has 3 aromatic heterocycles. The number of ether oxygens (including phenoxy) is 1. The molecule has 8 nitrogen and oxygen atoms in total. The van der Waals surface area contributed by atoms with Crippen molar-refractivity contribution in [2.24, 2.45) is 7.05 Å². The maximum Gasteiger partial charge on any atom is 0.412 e. The molecule has 8 heteroatoms. The summed E-state index contributed by atoms with van der Waals surface area (Å²) in [4.78, 5) is 33.7. The molecule has 0 aliphatic heterocycles. The number of fused-ring (bicyclic) bond motifs is 3. The third-order valence-electron chi connectivity index (χ3n) is 6.21. The van der Waals surface area contributed by atoms with Gasteiger partial charge in [-0.3, -0.25) is 19.4 Å². The third-order valence-corrected chi connectivity index (χ3v) is 6.21. The maximum atomic E-state index is 13.3. The third kappa shape index (κ3) is 3.40. The molecule has 1 amide bonds. The van der Waals surface area contributed by atoms with Crippen LogP contribution in [0.3, 0.4) is 0 Å². The average molecular weight is 454 g/mol. The van der Waals surface area contributed by atoms with E-state index in [2.05, 4.69) is 20.0 Å². The standard InChI is InChI=1S/C26H23N5O3/c1-15-6-5-7-21(16(15)2)31-24-19-12-17(18-9-11-23(28-13-18)29-25(32)34-4)8-10-20(19)27-14-22(24)30(3)26(31)33/h5-14H,1-4H3,(H,28,29,32). The van der Waals surface area contributed by atoms with Crippen molar-refractivity contribution >= 4 is 33.8 Å². The number of aromatic nitrogens is 4. The van der Waals surface area contributed by atoms with E-state index in [1.807, 2.05) is 56.3 Å². The number of nitrogens with zero attached hydrogens (tertiary/aromatic N) is 4. The zero-order valence-corrected chi connectivity index (χ0v) is 19.3. The highest BCUT2D eigenvalue weighted by atomic mass is 16.5. The monoisotopic (exact) mass is 453 g/mol. The SMILES string of the molecule is COC(=O)Nc1ccc(-c2ccc3ncc4c(c3c2)n(-c2cccc(C)c2C)c(=O)n4C)cn1. The Hall–Kier alpha value is -4.46. The van der Waals surface area contributed by atoms with Crippen molar-refractivity contribution in [3.05, 3.63) is 82.5 Å². The lowest BCUT2D eigenvalue weighted by molar-refractivity contribution is 0.187. The van der Waals surface area contributed by atoms with Gasteiger partial charge in [0.15, 0.2) is 0 Å². The van der Waals surface area contributed by atoms with Crippen LogP contribution < -0.4 is 11.0 Å². The predicted molar refractivity (Wildman–Crippen MR) is 133 cm³/mol. The smallest absolute Gasteiger partial charge is 0.412 e. The summed E-state index contributed by atoms with van der Waals surface area (Å²) in [6.45, 7) is 4.07. The summed E-state index contributed by atoms with van der Waals surface area (Å²) in [5, 5.41) is 3.41. The summed E-state index contributed by atoms with van der Waals surface area (Å²) in [6, 6.07) is 15.5. The van der Waals surface area contributed by atoms with E-state index in [4.69, 9.17) is 0 Å². The van der Waals surface area contributed by atoms with Crippen molar-refractivity contribution in [1.82, 2.24) is 19.1 Å². The number of aryl methyl sites for hydroxylation is 2. The van der Waals surface area contributed by atoms with Gasteiger partial charge in [0, 0.05) is 24.2 Å². The number of imidazole rings is 1. The zero-order chi connectivity index (χ0) is 24.0. The minimum Gasteiger partial charge on any atom is -0.453 e. The zero-order valence-electron chi connectivity index (χ0n) is 19.3. The number of hydrogen-bond donors (Lipinski definition) is 1. The van der Waals surface area contributed by atoms with E-state index < -0.39 is 6.09 Å². The maximum absolute atomic E-state index is 13.3. The fourth-order valence-electron chi connectivity index (χ4n) is 4.17. The van der Waals surface area contributed by atoms with Gasteiger partial charge in [-0.2, -0.15) is 0 Å². The Morgan fingerprint density at radius 1 is 1.00 bits per heavy atom. The molecular formula is C26H23N5O3. The predicted octanol–water partition coefficient (Wildman–Crippen LogP) is 4.73. The van der Waals surface area contributed by atoms with Crippen molar-refractivity contribution < 1.29 is 9.53 Å². The molecular weight excluding hydrogens is 430 g/mol. The first-order chi connectivity index (χ1) is 16.4. The van der Waals surface area contributed by atoms with Crippen LogP contribution in [0.5, 0.6) is 0 Å². The van der Waals surface area contributed by atoms with Crippen LogP contribution in [0.25, 0.3) is 38.8 Å².